The molecule has 0 bridgehead atoms. The van der Waals surface area contributed by atoms with E-state index in [0.717, 1.165) is 5.56 Å². The van der Waals surface area contributed by atoms with E-state index in [4.69, 9.17) is 23.7 Å². The standard InChI is InChI=1S/C21H25NO7/c1-14(29-16-8-6-5-7-9-16)21(24)28-13-19(23)22-12-15-10-17(25-2)20(27-4)18(11-15)26-3/h5-11,14H,12-13H2,1-4H3,(H,22,23)/t14-/m1/s1. The minimum absolute atomic E-state index is 0.198. The molecule has 29 heavy (non-hydrogen) atoms. The van der Waals surface area contributed by atoms with Crippen molar-refractivity contribution >= 4 is 11.9 Å². The lowest BCUT2D eigenvalue weighted by Crippen LogP contribution is -2.32. The van der Waals surface area contributed by atoms with Gasteiger partial charge < -0.3 is 29.0 Å². The van der Waals surface area contributed by atoms with Crippen molar-refractivity contribution in [3.8, 4) is 23.0 Å². The lowest BCUT2D eigenvalue weighted by molar-refractivity contribution is -0.154. The van der Waals surface area contributed by atoms with E-state index >= 15 is 0 Å². The Morgan fingerprint density at radius 2 is 1.59 bits per heavy atom. The molecule has 0 saturated heterocycles. The monoisotopic (exact) mass is 403 g/mol. The molecule has 0 aliphatic rings. The van der Waals surface area contributed by atoms with Crippen molar-refractivity contribution in [2.75, 3.05) is 27.9 Å². The van der Waals surface area contributed by atoms with Crippen LogP contribution in [0.5, 0.6) is 23.0 Å². The maximum atomic E-state index is 12.0. The molecule has 8 nitrogen and oxygen atoms in total. The number of rotatable bonds is 10. The van der Waals surface area contributed by atoms with E-state index in [0.29, 0.717) is 23.0 Å². The van der Waals surface area contributed by atoms with Crippen molar-refractivity contribution in [1.82, 2.24) is 5.32 Å². The number of hydrogen-bond donors (Lipinski definition) is 1. The number of carbonyl (C=O) groups is 2. The summed E-state index contributed by atoms with van der Waals surface area (Å²) in [5, 5.41) is 2.67. The fourth-order valence-corrected chi connectivity index (χ4v) is 2.49. The third kappa shape index (κ3) is 6.31. The van der Waals surface area contributed by atoms with Crippen molar-refractivity contribution < 1.29 is 33.3 Å². The van der Waals surface area contributed by atoms with Gasteiger partial charge in [0, 0.05) is 6.54 Å². The molecule has 0 aliphatic heterocycles. The van der Waals surface area contributed by atoms with Crippen LogP contribution in [0.4, 0.5) is 0 Å². The molecule has 2 aromatic rings. The number of esters is 1. The zero-order valence-electron chi connectivity index (χ0n) is 16.9. The fraction of sp³-hybridized carbons (Fsp3) is 0.333. The van der Waals surface area contributed by atoms with Gasteiger partial charge in [0.15, 0.2) is 24.2 Å². The number of carbonyl (C=O) groups excluding carboxylic acids is 2. The first kappa shape index (κ1) is 21.9. The second-order valence-electron chi connectivity index (χ2n) is 5.99. The summed E-state index contributed by atoms with van der Waals surface area (Å²) < 4.78 is 26.3. The molecule has 2 aromatic carbocycles. The number of ether oxygens (including phenoxy) is 5. The summed E-state index contributed by atoms with van der Waals surface area (Å²) in [5.41, 5.74) is 0.736. The molecule has 0 aliphatic carbocycles. The molecular weight excluding hydrogens is 378 g/mol. The molecule has 1 amide bonds. The van der Waals surface area contributed by atoms with E-state index in [9.17, 15) is 9.59 Å². The fourth-order valence-electron chi connectivity index (χ4n) is 2.49. The molecule has 1 atom stereocenters. The molecule has 8 heteroatoms. The van der Waals surface area contributed by atoms with Crippen LogP contribution in [0.15, 0.2) is 42.5 Å². The summed E-state index contributed by atoms with van der Waals surface area (Å²) in [4.78, 5) is 24.0. The summed E-state index contributed by atoms with van der Waals surface area (Å²) in [6.07, 6.45) is -0.833. The van der Waals surface area contributed by atoms with Gasteiger partial charge in [-0.3, -0.25) is 4.79 Å². The maximum absolute atomic E-state index is 12.0. The van der Waals surface area contributed by atoms with Gasteiger partial charge in [-0.25, -0.2) is 4.79 Å². The van der Waals surface area contributed by atoms with Crippen molar-refractivity contribution in [3.05, 3.63) is 48.0 Å². The Kier molecular flexibility index (Phi) is 8.14. The van der Waals surface area contributed by atoms with Gasteiger partial charge in [-0.1, -0.05) is 18.2 Å². The van der Waals surface area contributed by atoms with Crippen LogP contribution >= 0.6 is 0 Å². The topological polar surface area (TPSA) is 92.3 Å². The lowest BCUT2D eigenvalue weighted by atomic mass is 10.1. The van der Waals surface area contributed by atoms with Crippen LogP contribution in [-0.2, 0) is 20.9 Å². The van der Waals surface area contributed by atoms with Gasteiger partial charge in [-0.2, -0.15) is 0 Å². The summed E-state index contributed by atoms with van der Waals surface area (Å²) in [6, 6.07) is 12.3. The van der Waals surface area contributed by atoms with Gasteiger partial charge >= 0.3 is 5.97 Å². The average Bonchev–Trinajstić information content (AvgIpc) is 2.75. The van der Waals surface area contributed by atoms with E-state index in [1.54, 1.807) is 43.3 Å². The first-order valence-corrected chi connectivity index (χ1v) is 8.92. The number of nitrogens with one attached hydrogen (secondary N) is 1. The highest BCUT2D eigenvalue weighted by molar-refractivity contribution is 5.82. The zero-order valence-corrected chi connectivity index (χ0v) is 16.9. The number of benzene rings is 2. The molecule has 0 fully saturated rings. The largest absolute Gasteiger partial charge is 0.493 e. The van der Waals surface area contributed by atoms with Gasteiger partial charge in [0.1, 0.15) is 5.75 Å². The summed E-state index contributed by atoms with van der Waals surface area (Å²) in [6.45, 7) is 1.35. The average molecular weight is 403 g/mol. The number of methoxy groups -OCH3 is 3. The second-order valence-corrected chi connectivity index (χ2v) is 5.99. The molecule has 1 N–H and O–H groups in total. The lowest BCUT2D eigenvalue weighted by Gasteiger charge is -2.15. The summed E-state index contributed by atoms with van der Waals surface area (Å²) in [5.74, 6) is 0.898. The van der Waals surface area contributed by atoms with Crippen molar-refractivity contribution in [2.24, 2.45) is 0 Å². The van der Waals surface area contributed by atoms with Crippen LogP contribution in [0.3, 0.4) is 0 Å². The molecule has 0 unspecified atom stereocenters. The molecule has 0 heterocycles. The number of hydrogen-bond acceptors (Lipinski definition) is 7. The first-order chi connectivity index (χ1) is 14.0. The van der Waals surface area contributed by atoms with Crippen molar-refractivity contribution in [2.45, 2.75) is 19.6 Å². The van der Waals surface area contributed by atoms with Crippen molar-refractivity contribution in [3.63, 3.8) is 0 Å². The molecule has 2 rings (SSSR count). The van der Waals surface area contributed by atoms with Crippen molar-refractivity contribution in [1.29, 1.82) is 0 Å². The second kappa shape index (κ2) is 10.8. The highest BCUT2D eigenvalue weighted by Crippen LogP contribution is 2.38. The molecule has 0 saturated carbocycles. The Labute approximate surface area is 169 Å². The third-order valence-electron chi connectivity index (χ3n) is 3.95. The minimum Gasteiger partial charge on any atom is -0.493 e. The molecule has 0 spiro atoms. The van der Waals surface area contributed by atoms with Crippen LogP contribution in [0.2, 0.25) is 0 Å². The highest BCUT2D eigenvalue weighted by atomic mass is 16.6. The van der Waals surface area contributed by atoms with E-state index in [1.165, 1.54) is 21.3 Å². The van der Waals surface area contributed by atoms with Crippen LogP contribution in [0.25, 0.3) is 0 Å². The van der Waals surface area contributed by atoms with Crippen LogP contribution in [-0.4, -0.2) is 45.9 Å². The van der Waals surface area contributed by atoms with E-state index in [2.05, 4.69) is 5.32 Å². The van der Waals surface area contributed by atoms with Crippen LogP contribution in [0.1, 0.15) is 12.5 Å². The normalized spacial score (nSPS) is 11.2. The smallest absolute Gasteiger partial charge is 0.347 e. The highest BCUT2D eigenvalue weighted by Gasteiger charge is 2.18. The van der Waals surface area contributed by atoms with E-state index in [-0.39, 0.29) is 6.54 Å². The summed E-state index contributed by atoms with van der Waals surface area (Å²) in [7, 11) is 4.54. The predicted octanol–water partition coefficient (Wildman–Crippen LogP) is 2.34. The minimum atomic E-state index is -0.833. The van der Waals surface area contributed by atoms with Gasteiger partial charge in [-0.05, 0) is 36.8 Å². The maximum Gasteiger partial charge on any atom is 0.347 e. The molecule has 0 aromatic heterocycles. The summed E-state index contributed by atoms with van der Waals surface area (Å²) >= 11 is 0. The SMILES string of the molecule is COc1cc(CNC(=O)COC(=O)[C@@H](C)Oc2ccccc2)cc(OC)c1OC. The zero-order chi connectivity index (χ0) is 21.2. The van der Waals surface area contributed by atoms with Gasteiger partial charge in [0.25, 0.3) is 5.91 Å². The van der Waals surface area contributed by atoms with Gasteiger partial charge in [0.2, 0.25) is 5.75 Å². The van der Waals surface area contributed by atoms with Gasteiger partial charge in [0.05, 0.1) is 21.3 Å². The Morgan fingerprint density at radius 1 is 0.966 bits per heavy atom. The van der Waals surface area contributed by atoms with E-state index < -0.39 is 24.6 Å². The quantitative estimate of drug-likeness (QED) is 0.609. The Bertz CT molecular complexity index is 798. The third-order valence-corrected chi connectivity index (χ3v) is 3.95. The number of amides is 1. The number of para-hydroxylation sites is 1. The van der Waals surface area contributed by atoms with Gasteiger partial charge in [-0.15, -0.1) is 0 Å². The molecule has 156 valence electrons. The first-order valence-electron chi connectivity index (χ1n) is 8.92. The molecular formula is C21H25NO7. The predicted molar refractivity (Wildman–Crippen MR) is 105 cm³/mol. The Hall–Kier alpha value is -3.42. The van der Waals surface area contributed by atoms with Crippen LogP contribution in [0, 0.1) is 0 Å². The Morgan fingerprint density at radius 3 is 2.14 bits per heavy atom. The Balaban J connectivity index is 1.84. The molecule has 0 radical (unpaired) electrons. The van der Waals surface area contributed by atoms with Crippen LogP contribution < -0.4 is 24.3 Å². The van der Waals surface area contributed by atoms with E-state index in [1.807, 2.05) is 6.07 Å².